The van der Waals surface area contributed by atoms with Crippen molar-refractivity contribution < 1.29 is 14.3 Å². The van der Waals surface area contributed by atoms with Gasteiger partial charge in [0.2, 0.25) is 0 Å². The fourth-order valence-corrected chi connectivity index (χ4v) is 6.19. The Morgan fingerprint density at radius 3 is 2.47 bits per heavy atom. The van der Waals surface area contributed by atoms with Crippen LogP contribution in [0.4, 0.5) is 4.79 Å². The summed E-state index contributed by atoms with van der Waals surface area (Å²) in [6.45, 7) is 12.2. The Labute approximate surface area is 211 Å². The van der Waals surface area contributed by atoms with E-state index in [0.717, 1.165) is 45.0 Å². The number of hydrogen-bond donors (Lipinski definition) is 1. The third-order valence-corrected chi connectivity index (χ3v) is 7.96. The number of nitrogens with one attached hydrogen (secondary N) is 1. The van der Waals surface area contributed by atoms with Crippen molar-refractivity contribution >= 4 is 36.0 Å². The van der Waals surface area contributed by atoms with Gasteiger partial charge in [-0.25, -0.2) is 4.79 Å². The number of piperidine rings is 1. The lowest BCUT2D eigenvalue weighted by atomic mass is 9.46. The van der Waals surface area contributed by atoms with Crippen LogP contribution >= 0.6 is 24.0 Å². The topological polar surface area (TPSA) is 66.4 Å². The number of amides is 1. The van der Waals surface area contributed by atoms with Crippen molar-refractivity contribution in [3.63, 3.8) is 0 Å². The maximum absolute atomic E-state index is 12.5. The van der Waals surface area contributed by atoms with E-state index in [2.05, 4.69) is 15.2 Å². The van der Waals surface area contributed by atoms with E-state index in [9.17, 15) is 4.79 Å². The van der Waals surface area contributed by atoms with Gasteiger partial charge in [0.1, 0.15) is 5.60 Å². The van der Waals surface area contributed by atoms with Crippen LogP contribution in [0, 0.1) is 17.3 Å². The monoisotopic (exact) mass is 562 g/mol. The van der Waals surface area contributed by atoms with Gasteiger partial charge in [0.05, 0.1) is 6.10 Å². The summed E-state index contributed by atoms with van der Waals surface area (Å²) in [5, 5.41) is 3.86. The van der Waals surface area contributed by atoms with Crippen LogP contribution < -0.4 is 5.32 Å². The summed E-state index contributed by atoms with van der Waals surface area (Å²) in [6, 6.07) is 0.521. The van der Waals surface area contributed by atoms with Gasteiger partial charge >= 0.3 is 6.09 Å². The third-order valence-electron chi connectivity index (χ3n) is 7.96. The Hall–Kier alpha value is -0.770. The third kappa shape index (κ3) is 5.00. The average Bonchev–Trinajstić information content (AvgIpc) is 3.10. The second kappa shape index (κ2) is 10.2. The second-order valence-electron chi connectivity index (χ2n) is 10.9. The summed E-state index contributed by atoms with van der Waals surface area (Å²) in [6.07, 6.45) is 7.54. The van der Waals surface area contributed by atoms with Gasteiger partial charge in [0, 0.05) is 57.2 Å². The van der Waals surface area contributed by atoms with Gasteiger partial charge in [-0.15, -0.1) is 24.0 Å². The first-order valence-electron chi connectivity index (χ1n) is 12.3. The zero-order chi connectivity index (χ0) is 22.2. The summed E-state index contributed by atoms with van der Waals surface area (Å²) < 4.78 is 11.7. The molecule has 7 nitrogen and oxygen atoms in total. The van der Waals surface area contributed by atoms with Crippen molar-refractivity contribution in [3.8, 4) is 0 Å². The van der Waals surface area contributed by atoms with Gasteiger partial charge in [0.25, 0.3) is 0 Å². The summed E-state index contributed by atoms with van der Waals surface area (Å²) in [5.74, 6) is 2.22. The molecule has 2 saturated heterocycles. The number of likely N-dealkylation sites (tertiary alicyclic amines) is 1. The van der Waals surface area contributed by atoms with E-state index in [-0.39, 0.29) is 30.1 Å². The quantitative estimate of drug-likeness (QED) is 0.318. The predicted octanol–water partition coefficient (Wildman–Crippen LogP) is 4.11. The van der Waals surface area contributed by atoms with Crippen molar-refractivity contribution in [1.82, 2.24) is 15.1 Å². The maximum Gasteiger partial charge on any atom is 0.410 e. The number of carbonyl (C=O) groups is 1. The highest BCUT2D eigenvalue weighted by Crippen LogP contribution is 2.62. The van der Waals surface area contributed by atoms with Gasteiger partial charge in [-0.2, -0.15) is 0 Å². The molecule has 1 amide bonds. The van der Waals surface area contributed by atoms with Crippen LogP contribution in [-0.2, 0) is 9.47 Å². The van der Waals surface area contributed by atoms with Crippen molar-refractivity contribution in [2.24, 2.45) is 22.2 Å². The molecule has 0 bridgehead atoms. The van der Waals surface area contributed by atoms with E-state index < -0.39 is 5.60 Å². The number of ether oxygens (including phenoxy) is 2. The van der Waals surface area contributed by atoms with Gasteiger partial charge in [0.15, 0.2) is 5.96 Å². The molecule has 32 heavy (non-hydrogen) atoms. The van der Waals surface area contributed by atoms with Crippen molar-refractivity contribution in [2.45, 2.75) is 84.0 Å². The molecule has 4 aliphatic rings. The molecule has 1 N–H and O–H groups in total. The normalized spacial score (nSPS) is 29.5. The van der Waals surface area contributed by atoms with E-state index in [1.165, 1.54) is 25.7 Å². The first kappa shape index (κ1) is 25.8. The minimum atomic E-state index is -0.450. The molecule has 3 unspecified atom stereocenters. The van der Waals surface area contributed by atoms with Crippen LogP contribution in [0.1, 0.15) is 66.2 Å². The Bertz CT molecular complexity index is 683. The Balaban J connectivity index is 0.00000289. The molecule has 8 heteroatoms. The van der Waals surface area contributed by atoms with Crippen molar-refractivity contribution in [2.75, 3.05) is 39.8 Å². The lowest BCUT2D eigenvalue weighted by Gasteiger charge is -2.63. The molecule has 2 heterocycles. The van der Waals surface area contributed by atoms with Crippen LogP contribution in [0.2, 0.25) is 0 Å². The fraction of sp³-hybridized carbons (Fsp3) is 0.917. The Morgan fingerprint density at radius 2 is 1.94 bits per heavy atom. The number of carbonyl (C=O) groups excluding carboxylic acids is 1. The van der Waals surface area contributed by atoms with E-state index >= 15 is 0 Å². The maximum atomic E-state index is 12.5. The van der Waals surface area contributed by atoms with Gasteiger partial charge in [-0.3, -0.25) is 4.99 Å². The standard InChI is InChI=1S/C24H42N4O3.HI/c1-6-27(22(29)31-23(2,3)4)16-17-8-13-28(14-9-17)21(25-5)26-19-18-10-15-30-20(18)24(19)11-7-12-24;/h17-20H,6-16H2,1-5H3,(H,25,26);1H. The van der Waals surface area contributed by atoms with E-state index in [4.69, 9.17) is 9.47 Å². The zero-order valence-electron chi connectivity index (χ0n) is 20.6. The molecular formula is C24H43IN4O3. The molecule has 3 atom stereocenters. The fourth-order valence-electron chi connectivity index (χ4n) is 6.19. The van der Waals surface area contributed by atoms with Gasteiger partial charge < -0.3 is 24.6 Å². The second-order valence-corrected chi connectivity index (χ2v) is 10.9. The molecule has 184 valence electrons. The minimum absolute atomic E-state index is 0. The molecule has 0 aromatic rings. The molecule has 2 aliphatic carbocycles. The first-order valence-corrected chi connectivity index (χ1v) is 12.3. The smallest absolute Gasteiger partial charge is 0.410 e. The van der Waals surface area contributed by atoms with Gasteiger partial charge in [-0.05, 0) is 65.7 Å². The highest BCUT2D eigenvalue weighted by atomic mass is 127. The molecule has 2 saturated carbocycles. The number of hydrogen-bond acceptors (Lipinski definition) is 4. The van der Waals surface area contributed by atoms with E-state index in [1.807, 2.05) is 39.6 Å². The largest absolute Gasteiger partial charge is 0.444 e. The van der Waals surface area contributed by atoms with Crippen molar-refractivity contribution in [1.29, 1.82) is 0 Å². The molecule has 0 radical (unpaired) electrons. The van der Waals surface area contributed by atoms with E-state index in [0.29, 0.717) is 35.9 Å². The SMILES string of the molecule is CCN(CC1CCN(C(=NC)NC2C3CCOC3C23CCC3)CC1)C(=O)OC(C)(C)C.I. The summed E-state index contributed by atoms with van der Waals surface area (Å²) >= 11 is 0. The van der Waals surface area contributed by atoms with Crippen LogP contribution in [-0.4, -0.2) is 79.4 Å². The lowest BCUT2D eigenvalue weighted by molar-refractivity contribution is -0.171. The number of aliphatic imine (C=N–C) groups is 1. The highest BCUT2D eigenvalue weighted by molar-refractivity contribution is 14.0. The molecule has 2 aliphatic heterocycles. The number of nitrogens with zero attached hydrogens (tertiary/aromatic N) is 3. The summed E-state index contributed by atoms with van der Waals surface area (Å²) in [5.41, 5.74) is -0.0841. The number of guanidine groups is 1. The van der Waals surface area contributed by atoms with Crippen LogP contribution in [0.15, 0.2) is 4.99 Å². The molecule has 0 aromatic carbocycles. The number of fused-ring (bicyclic) bond motifs is 2. The highest BCUT2D eigenvalue weighted by Gasteiger charge is 2.66. The lowest BCUT2D eigenvalue weighted by Crippen LogP contribution is -2.72. The van der Waals surface area contributed by atoms with Crippen molar-refractivity contribution in [3.05, 3.63) is 0 Å². The molecule has 0 aromatic heterocycles. The summed E-state index contributed by atoms with van der Waals surface area (Å²) in [7, 11) is 1.91. The summed E-state index contributed by atoms with van der Waals surface area (Å²) in [4.78, 5) is 21.4. The molecular weight excluding hydrogens is 519 g/mol. The molecule has 4 rings (SSSR count). The Morgan fingerprint density at radius 1 is 1.25 bits per heavy atom. The van der Waals surface area contributed by atoms with Gasteiger partial charge in [-0.1, -0.05) is 6.42 Å². The Kier molecular flexibility index (Phi) is 8.27. The van der Waals surface area contributed by atoms with Crippen LogP contribution in [0.5, 0.6) is 0 Å². The average molecular weight is 563 g/mol. The van der Waals surface area contributed by atoms with Crippen LogP contribution in [0.3, 0.4) is 0 Å². The van der Waals surface area contributed by atoms with Crippen LogP contribution in [0.25, 0.3) is 0 Å². The first-order chi connectivity index (χ1) is 14.8. The molecule has 1 spiro atoms. The predicted molar refractivity (Wildman–Crippen MR) is 138 cm³/mol. The van der Waals surface area contributed by atoms with E-state index in [1.54, 1.807) is 0 Å². The minimum Gasteiger partial charge on any atom is -0.444 e. The molecule has 4 fully saturated rings. The zero-order valence-corrected chi connectivity index (χ0v) is 22.9. The number of halogens is 1. The number of rotatable bonds is 4.